The zero-order valence-electron chi connectivity index (χ0n) is 11.1. The molecular formula is C15H15N3S. The summed E-state index contributed by atoms with van der Waals surface area (Å²) >= 11 is 1.73. The first-order chi connectivity index (χ1) is 9.20. The molecule has 96 valence electrons. The summed E-state index contributed by atoms with van der Waals surface area (Å²) in [6, 6.07) is 6.49. The molecular weight excluding hydrogens is 254 g/mol. The summed E-state index contributed by atoms with van der Waals surface area (Å²) in [6.07, 6.45) is 4.64. The monoisotopic (exact) mass is 269 g/mol. The largest absolute Gasteiger partial charge is 0.217 e. The van der Waals surface area contributed by atoms with Crippen LogP contribution in [0, 0.1) is 13.8 Å². The van der Waals surface area contributed by atoms with Gasteiger partial charge in [-0.2, -0.15) is 5.10 Å². The molecule has 0 radical (unpaired) electrons. The summed E-state index contributed by atoms with van der Waals surface area (Å²) < 4.78 is 1.94. The highest BCUT2D eigenvalue weighted by Crippen LogP contribution is 2.42. The highest BCUT2D eigenvalue weighted by atomic mass is 32.1. The van der Waals surface area contributed by atoms with Crippen molar-refractivity contribution in [2.24, 2.45) is 0 Å². The second kappa shape index (κ2) is 3.90. The number of imidazole rings is 1. The quantitative estimate of drug-likeness (QED) is 0.705. The summed E-state index contributed by atoms with van der Waals surface area (Å²) in [7, 11) is 0. The molecule has 19 heavy (non-hydrogen) atoms. The summed E-state index contributed by atoms with van der Waals surface area (Å²) in [5, 5.41) is 5.89. The van der Waals surface area contributed by atoms with E-state index in [1.807, 2.05) is 4.52 Å². The topological polar surface area (TPSA) is 30.2 Å². The second-order valence-corrected chi connectivity index (χ2v) is 6.37. The predicted molar refractivity (Wildman–Crippen MR) is 77.7 cm³/mol. The molecule has 3 aromatic rings. The van der Waals surface area contributed by atoms with E-state index < -0.39 is 0 Å². The molecule has 1 saturated carbocycles. The average molecular weight is 269 g/mol. The van der Waals surface area contributed by atoms with Crippen LogP contribution < -0.4 is 0 Å². The van der Waals surface area contributed by atoms with Crippen molar-refractivity contribution in [2.45, 2.75) is 32.6 Å². The van der Waals surface area contributed by atoms with E-state index in [1.165, 1.54) is 34.5 Å². The summed E-state index contributed by atoms with van der Waals surface area (Å²) in [6.45, 7) is 4.25. The number of hydrogen-bond acceptors (Lipinski definition) is 3. The summed E-state index contributed by atoms with van der Waals surface area (Å²) in [5.41, 5.74) is 4.79. The van der Waals surface area contributed by atoms with Crippen molar-refractivity contribution in [3.05, 3.63) is 40.5 Å². The van der Waals surface area contributed by atoms with Gasteiger partial charge in [-0.05, 0) is 32.3 Å². The second-order valence-electron chi connectivity index (χ2n) is 5.39. The number of rotatable bonds is 2. The van der Waals surface area contributed by atoms with Crippen molar-refractivity contribution in [1.29, 1.82) is 0 Å². The average Bonchev–Trinajstić information content (AvgIpc) is 3.02. The van der Waals surface area contributed by atoms with Crippen molar-refractivity contribution in [3.63, 3.8) is 0 Å². The van der Waals surface area contributed by atoms with Crippen LogP contribution >= 0.6 is 11.3 Å². The molecule has 0 bridgehead atoms. The van der Waals surface area contributed by atoms with Crippen LogP contribution in [0.1, 0.15) is 34.9 Å². The summed E-state index contributed by atoms with van der Waals surface area (Å²) in [4.78, 5) is 5.73. The number of fused-ring (bicyclic) bond motifs is 1. The lowest BCUT2D eigenvalue weighted by molar-refractivity contribution is 0.905. The smallest absolute Gasteiger partial charge is 0.212 e. The van der Waals surface area contributed by atoms with Crippen LogP contribution in [0.5, 0.6) is 0 Å². The Kier molecular flexibility index (Phi) is 2.30. The van der Waals surface area contributed by atoms with Crippen LogP contribution in [0.4, 0.5) is 0 Å². The zero-order chi connectivity index (χ0) is 13.0. The summed E-state index contributed by atoms with van der Waals surface area (Å²) in [5.74, 6) is 0.705. The highest BCUT2D eigenvalue weighted by molar-refractivity contribution is 7.16. The lowest BCUT2D eigenvalue weighted by Crippen LogP contribution is -1.86. The Labute approximate surface area is 115 Å². The Balaban J connectivity index is 1.80. The minimum absolute atomic E-state index is 0.705. The molecule has 0 unspecified atom stereocenters. The van der Waals surface area contributed by atoms with Crippen LogP contribution in [0.25, 0.3) is 16.2 Å². The first kappa shape index (κ1) is 11.2. The molecule has 0 spiro atoms. The molecule has 0 amide bonds. The number of nitrogens with zero attached hydrogens (tertiary/aromatic N) is 3. The molecule has 4 heteroatoms. The van der Waals surface area contributed by atoms with E-state index in [2.05, 4.69) is 43.3 Å². The third-order valence-electron chi connectivity index (χ3n) is 3.64. The van der Waals surface area contributed by atoms with Crippen molar-refractivity contribution in [1.82, 2.24) is 14.6 Å². The Bertz CT molecular complexity index is 733. The van der Waals surface area contributed by atoms with Gasteiger partial charge in [-0.15, -0.1) is 0 Å². The third-order valence-corrected chi connectivity index (χ3v) is 4.73. The van der Waals surface area contributed by atoms with Gasteiger partial charge in [0, 0.05) is 11.5 Å². The molecule has 2 heterocycles. The molecule has 0 atom stereocenters. The fraction of sp³-hybridized carbons (Fsp3) is 0.333. The van der Waals surface area contributed by atoms with E-state index in [-0.39, 0.29) is 0 Å². The number of aryl methyl sites for hydroxylation is 2. The minimum atomic E-state index is 0.705. The van der Waals surface area contributed by atoms with Gasteiger partial charge < -0.3 is 0 Å². The first-order valence-electron chi connectivity index (χ1n) is 6.64. The zero-order valence-corrected chi connectivity index (χ0v) is 11.9. The molecule has 0 aliphatic heterocycles. The van der Waals surface area contributed by atoms with Gasteiger partial charge >= 0.3 is 0 Å². The van der Waals surface area contributed by atoms with Gasteiger partial charge in [0.15, 0.2) is 0 Å². The molecule has 3 nitrogen and oxygen atoms in total. The first-order valence-corrected chi connectivity index (χ1v) is 7.46. The maximum absolute atomic E-state index is 4.72. The van der Waals surface area contributed by atoms with Gasteiger partial charge in [0.05, 0.1) is 11.9 Å². The van der Waals surface area contributed by atoms with Crippen molar-refractivity contribution < 1.29 is 0 Å². The van der Waals surface area contributed by atoms with Gasteiger partial charge in [-0.3, -0.25) is 0 Å². The van der Waals surface area contributed by atoms with Gasteiger partial charge in [-0.25, -0.2) is 9.50 Å². The Morgan fingerprint density at radius 3 is 2.79 bits per heavy atom. The van der Waals surface area contributed by atoms with E-state index >= 15 is 0 Å². The SMILES string of the molecule is Cc1ccc(-c2cn3nc(C4CC4)sc3n2)c(C)c1. The molecule has 4 rings (SSSR count). The maximum Gasteiger partial charge on any atom is 0.212 e. The number of hydrogen-bond donors (Lipinski definition) is 0. The number of benzene rings is 1. The predicted octanol–water partition coefficient (Wildman–Crippen LogP) is 3.95. The van der Waals surface area contributed by atoms with E-state index in [0.29, 0.717) is 5.92 Å². The Morgan fingerprint density at radius 2 is 2.11 bits per heavy atom. The van der Waals surface area contributed by atoms with Crippen LogP contribution in [0.3, 0.4) is 0 Å². The van der Waals surface area contributed by atoms with E-state index in [4.69, 9.17) is 4.98 Å². The molecule has 1 fully saturated rings. The number of aromatic nitrogens is 3. The minimum Gasteiger partial charge on any atom is -0.217 e. The van der Waals surface area contributed by atoms with Crippen molar-refractivity contribution >= 4 is 16.3 Å². The van der Waals surface area contributed by atoms with E-state index in [0.717, 1.165) is 10.7 Å². The van der Waals surface area contributed by atoms with E-state index in [9.17, 15) is 0 Å². The van der Waals surface area contributed by atoms with Crippen LogP contribution in [-0.2, 0) is 0 Å². The van der Waals surface area contributed by atoms with Crippen LogP contribution in [0.15, 0.2) is 24.4 Å². The van der Waals surface area contributed by atoms with E-state index in [1.54, 1.807) is 11.3 Å². The molecule has 1 aliphatic carbocycles. The molecule has 0 N–H and O–H groups in total. The van der Waals surface area contributed by atoms with Gasteiger partial charge in [0.1, 0.15) is 5.01 Å². The third kappa shape index (κ3) is 1.87. The Hall–Kier alpha value is -1.68. The van der Waals surface area contributed by atoms with Crippen molar-refractivity contribution in [2.75, 3.05) is 0 Å². The normalized spacial score (nSPS) is 15.3. The molecule has 1 aliphatic rings. The Morgan fingerprint density at radius 1 is 1.26 bits per heavy atom. The van der Waals surface area contributed by atoms with Crippen LogP contribution in [0.2, 0.25) is 0 Å². The highest BCUT2D eigenvalue weighted by Gasteiger charge is 2.28. The lowest BCUT2D eigenvalue weighted by atomic mass is 10.0. The maximum atomic E-state index is 4.72. The lowest BCUT2D eigenvalue weighted by Gasteiger charge is -2.02. The molecule has 2 aromatic heterocycles. The molecule has 1 aromatic carbocycles. The fourth-order valence-corrected chi connectivity index (χ4v) is 3.49. The standard InChI is InChI=1S/C15H15N3S/c1-9-3-6-12(10(2)7-9)13-8-18-15(16-13)19-14(17-18)11-4-5-11/h3,6-8,11H,4-5H2,1-2H3. The van der Waals surface area contributed by atoms with Crippen molar-refractivity contribution in [3.8, 4) is 11.3 Å². The van der Waals surface area contributed by atoms with Crippen LogP contribution in [-0.4, -0.2) is 14.6 Å². The van der Waals surface area contributed by atoms with Gasteiger partial charge in [-0.1, -0.05) is 35.1 Å². The molecule has 0 saturated heterocycles. The van der Waals surface area contributed by atoms with Gasteiger partial charge in [0.25, 0.3) is 0 Å². The fourth-order valence-electron chi connectivity index (χ4n) is 2.44. The van der Waals surface area contributed by atoms with Gasteiger partial charge in [0.2, 0.25) is 4.96 Å².